The molecule has 9 heteroatoms. The van der Waals surface area contributed by atoms with E-state index in [2.05, 4.69) is 15.0 Å². The van der Waals surface area contributed by atoms with Crippen molar-refractivity contribution >= 4 is 27.5 Å². The predicted molar refractivity (Wildman–Crippen MR) is 113 cm³/mol. The molecule has 8 nitrogen and oxygen atoms in total. The number of oxazole rings is 1. The fraction of sp³-hybridized carbons (Fsp3) is 0.333. The van der Waals surface area contributed by atoms with Crippen molar-refractivity contribution < 1.29 is 9.21 Å². The summed E-state index contributed by atoms with van der Waals surface area (Å²) >= 11 is 1.59. The van der Waals surface area contributed by atoms with Crippen molar-refractivity contribution in [2.24, 2.45) is 0 Å². The Morgan fingerprint density at radius 2 is 2.17 bits per heavy atom. The number of hydrogen-bond donors (Lipinski definition) is 1. The minimum absolute atomic E-state index is 0.178. The molecule has 154 valence electrons. The van der Waals surface area contributed by atoms with E-state index in [1.54, 1.807) is 17.7 Å². The van der Waals surface area contributed by atoms with Crippen molar-refractivity contribution in [1.29, 1.82) is 0 Å². The number of amides is 1. The maximum absolute atomic E-state index is 13.6. The standard InChI is InChI=1S/C21H22N6O2S/c1-12-19(29-16(24-12)10-26(2)3)21(28)27-9-8-14-17(23-11-22-14)18(27)20-25-13-6-4-5-7-15(13)30-20/h4-7,11,18H,8-10H2,1-3H3,(H,22,23)/t18-/m0/s1. The molecule has 3 aromatic heterocycles. The highest BCUT2D eigenvalue weighted by atomic mass is 32.1. The highest BCUT2D eigenvalue weighted by Gasteiger charge is 2.38. The van der Waals surface area contributed by atoms with Crippen LogP contribution in [0, 0.1) is 6.92 Å². The Morgan fingerprint density at radius 3 is 2.97 bits per heavy atom. The van der Waals surface area contributed by atoms with E-state index in [4.69, 9.17) is 9.40 Å². The number of nitrogens with one attached hydrogen (secondary N) is 1. The lowest BCUT2D eigenvalue weighted by atomic mass is 10.0. The third-order valence-corrected chi connectivity index (χ3v) is 6.31. The Bertz CT molecular complexity index is 1190. The summed E-state index contributed by atoms with van der Waals surface area (Å²) in [6.07, 6.45) is 2.40. The van der Waals surface area contributed by atoms with E-state index in [9.17, 15) is 4.79 Å². The molecule has 0 fully saturated rings. The lowest BCUT2D eigenvalue weighted by Crippen LogP contribution is -2.40. The van der Waals surface area contributed by atoms with E-state index >= 15 is 0 Å². The van der Waals surface area contributed by atoms with Crippen molar-refractivity contribution in [3.05, 3.63) is 64.3 Å². The second-order valence-corrected chi connectivity index (χ2v) is 8.76. The zero-order valence-corrected chi connectivity index (χ0v) is 17.9. The number of carbonyl (C=O) groups is 1. The first-order chi connectivity index (χ1) is 14.5. The molecule has 1 amide bonds. The summed E-state index contributed by atoms with van der Waals surface area (Å²) in [6, 6.07) is 7.65. The third-order valence-electron chi connectivity index (χ3n) is 5.22. The summed E-state index contributed by atoms with van der Waals surface area (Å²) in [5.74, 6) is 0.648. The Labute approximate surface area is 177 Å². The summed E-state index contributed by atoms with van der Waals surface area (Å²) in [5, 5.41) is 0.850. The van der Waals surface area contributed by atoms with Crippen LogP contribution in [0.1, 0.15) is 44.6 Å². The third kappa shape index (κ3) is 3.20. The molecule has 30 heavy (non-hydrogen) atoms. The van der Waals surface area contributed by atoms with E-state index in [-0.39, 0.29) is 17.7 Å². The maximum atomic E-state index is 13.6. The Morgan fingerprint density at radius 1 is 1.33 bits per heavy atom. The minimum Gasteiger partial charge on any atom is -0.434 e. The van der Waals surface area contributed by atoms with Crippen LogP contribution in [-0.2, 0) is 13.0 Å². The smallest absolute Gasteiger partial charge is 0.292 e. The summed E-state index contributed by atoms with van der Waals surface area (Å²) in [7, 11) is 3.88. The Hall–Kier alpha value is -3.04. The molecular weight excluding hydrogens is 400 g/mol. The highest BCUT2D eigenvalue weighted by Crippen LogP contribution is 2.38. The van der Waals surface area contributed by atoms with E-state index in [0.29, 0.717) is 31.1 Å². The lowest BCUT2D eigenvalue weighted by molar-refractivity contribution is 0.0653. The molecule has 4 aromatic rings. The molecule has 0 saturated carbocycles. The largest absolute Gasteiger partial charge is 0.434 e. The molecule has 0 bridgehead atoms. The molecule has 5 rings (SSSR count). The molecule has 0 aliphatic carbocycles. The Kier molecular flexibility index (Phi) is 4.63. The predicted octanol–water partition coefficient (Wildman–Crippen LogP) is 3.17. The normalized spacial score (nSPS) is 16.4. The first kappa shape index (κ1) is 19.0. The number of imidazole rings is 1. The van der Waals surface area contributed by atoms with Crippen LogP contribution < -0.4 is 0 Å². The van der Waals surface area contributed by atoms with Crippen LogP contribution in [-0.4, -0.2) is 56.3 Å². The number of rotatable bonds is 4. The average Bonchev–Trinajstić information content (AvgIpc) is 3.43. The van der Waals surface area contributed by atoms with Gasteiger partial charge in [0.1, 0.15) is 11.0 Å². The van der Waals surface area contributed by atoms with Crippen molar-refractivity contribution in [1.82, 2.24) is 29.7 Å². The van der Waals surface area contributed by atoms with Crippen LogP contribution >= 0.6 is 11.3 Å². The molecule has 1 aromatic carbocycles. The number of aryl methyl sites for hydroxylation is 1. The molecule has 4 heterocycles. The molecule has 1 aliphatic heterocycles. The number of benzene rings is 1. The summed E-state index contributed by atoms with van der Waals surface area (Å²) in [5.41, 5.74) is 3.43. The van der Waals surface area contributed by atoms with Gasteiger partial charge in [-0.2, -0.15) is 0 Å². The second-order valence-electron chi connectivity index (χ2n) is 7.70. The number of hydrogen-bond acceptors (Lipinski definition) is 7. The highest BCUT2D eigenvalue weighted by molar-refractivity contribution is 7.18. The van der Waals surface area contributed by atoms with E-state index in [1.807, 2.05) is 55.1 Å². The molecule has 1 atom stereocenters. The number of aromatic amines is 1. The van der Waals surface area contributed by atoms with Crippen LogP contribution in [0.2, 0.25) is 0 Å². The van der Waals surface area contributed by atoms with Gasteiger partial charge in [-0.15, -0.1) is 11.3 Å². The van der Waals surface area contributed by atoms with E-state index < -0.39 is 0 Å². The van der Waals surface area contributed by atoms with Gasteiger partial charge >= 0.3 is 0 Å². The molecular formula is C21H22N6O2S. The van der Waals surface area contributed by atoms with Gasteiger partial charge in [0.25, 0.3) is 5.91 Å². The monoisotopic (exact) mass is 422 g/mol. The van der Waals surface area contributed by atoms with Gasteiger partial charge in [0.2, 0.25) is 11.7 Å². The second kappa shape index (κ2) is 7.33. The number of nitrogens with zero attached hydrogens (tertiary/aromatic N) is 5. The van der Waals surface area contributed by atoms with Crippen LogP contribution in [0.5, 0.6) is 0 Å². The molecule has 1 N–H and O–H groups in total. The van der Waals surface area contributed by atoms with Crippen LogP contribution in [0.4, 0.5) is 0 Å². The summed E-state index contributed by atoms with van der Waals surface area (Å²) in [6.45, 7) is 2.91. The fourth-order valence-corrected chi connectivity index (χ4v) is 4.96. The molecule has 0 spiro atoms. The van der Waals surface area contributed by atoms with Gasteiger partial charge in [0, 0.05) is 18.7 Å². The van der Waals surface area contributed by atoms with Crippen LogP contribution in [0.15, 0.2) is 35.0 Å². The number of aromatic nitrogens is 4. The number of fused-ring (bicyclic) bond motifs is 2. The van der Waals surface area contributed by atoms with Crippen LogP contribution in [0.25, 0.3) is 10.2 Å². The van der Waals surface area contributed by atoms with Crippen LogP contribution in [0.3, 0.4) is 0 Å². The summed E-state index contributed by atoms with van der Waals surface area (Å²) in [4.78, 5) is 34.4. The number of para-hydroxylation sites is 1. The zero-order valence-electron chi connectivity index (χ0n) is 17.0. The van der Waals surface area contributed by atoms with Gasteiger partial charge in [-0.1, -0.05) is 12.1 Å². The topological polar surface area (TPSA) is 91.2 Å². The fourth-order valence-electron chi connectivity index (χ4n) is 3.87. The lowest BCUT2D eigenvalue weighted by Gasteiger charge is -2.33. The van der Waals surface area contributed by atoms with Crippen molar-refractivity contribution in [3.8, 4) is 0 Å². The average molecular weight is 423 g/mol. The quantitative estimate of drug-likeness (QED) is 0.543. The van der Waals surface area contributed by atoms with Gasteiger partial charge < -0.3 is 19.2 Å². The molecule has 0 saturated heterocycles. The summed E-state index contributed by atoms with van der Waals surface area (Å²) < 4.78 is 6.95. The van der Waals surface area contributed by atoms with E-state index in [0.717, 1.165) is 26.6 Å². The SMILES string of the molecule is Cc1nc(CN(C)C)oc1C(=O)N1CCc2[nH]cnc2[C@H]1c1nc2ccccc2s1. The molecule has 0 unspecified atom stereocenters. The van der Waals surface area contributed by atoms with Gasteiger partial charge in [0.15, 0.2) is 0 Å². The van der Waals surface area contributed by atoms with Gasteiger partial charge in [-0.3, -0.25) is 4.79 Å². The molecule has 1 aliphatic rings. The number of H-pyrrole nitrogens is 1. The zero-order chi connectivity index (χ0) is 20.8. The van der Waals surface area contributed by atoms with Crippen molar-refractivity contribution in [2.45, 2.75) is 25.9 Å². The first-order valence-electron chi connectivity index (χ1n) is 9.81. The van der Waals surface area contributed by atoms with Gasteiger partial charge in [-0.25, -0.2) is 15.0 Å². The molecule has 0 radical (unpaired) electrons. The number of carbonyl (C=O) groups excluding carboxylic acids is 1. The van der Waals surface area contributed by atoms with Crippen molar-refractivity contribution in [2.75, 3.05) is 20.6 Å². The van der Waals surface area contributed by atoms with Gasteiger partial charge in [0.05, 0.1) is 34.5 Å². The maximum Gasteiger partial charge on any atom is 0.292 e. The van der Waals surface area contributed by atoms with Gasteiger partial charge in [-0.05, 0) is 33.2 Å². The minimum atomic E-state index is -0.355. The first-order valence-corrected chi connectivity index (χ1v) is 10.6. The Balaban J connectivity index is 1.56. The van der Waals surface area contributed by atoms with E-state index in [1.165, 1.54) is 0 Å². The number of thiazole rings is 1. The van der Waals surface area contributed by atoms with Crippen molar-refractivity contribution in [3.63, 3.8) is 0 Å².